The van der Waals surface area contributed by atoms with Gasteiger partial charge in [-0.25, -0.2) is 4.99 Å². The van der Waals surface area contributed by atoms with E-state index < -0.39 is 17.6 Å². The molecule has 1 aliphatic heterocycles. The summed E-state index contributed by atoms with van der Waals surface area (Å²) in [5.41, 5.74) is 0.826. The van der Waals surface area contributed by atoms with E-state index in [4.69, 9.17) is 9.47 Å². The first-order valence-corrected chi connectivity index (χ1v) is 9.82. The molecule has 0 bridgehead atoms. The summed E-state index contributed by atoms with van der Waals surface area (Å²) in [6, 6.07) is 9.50. The summed E-state index contributed by atoms with van der Waals surface area (Å²) in [7, 11) is 1.53. The molecule has 1 heterocycles. The molecule has 1 atom stereocenters. The topological polar surface area (TPSA) is 71.9 Å². The van der Waals surface area contributed by atoms with Crippen molar-refractivity contribution in [3.63, 3.8) is 0 Å². The maximum absolute atomic E-state index is 12.8. The molecule has 31 heavy (non-hydrogen) atoms. The molecule has 0 saturated carbocycles. The maximum atomic E-state index is 12.8. The summed E-state index contributed by atoms with van der Waals surface area (Å²) in [6.07, 6.45) is -2.69. The van der Waals surface area contributed by atoms with E-state index in [9.17, 15) is 18.0 Å². The number of carbonyl (C=O) groups is 1. The zero-order valence-corrected chi connectivity index (χ0v) is 17.3. The van der Waals surface area contributed by atoms with E-state index in [2.05, 4.69) is 15.6 Å². The molecule has 9 heteroatoms. The van der Waals surface area contributed by atoms with Crippen LogP contribution in [0.2, 0.25) is 0 Å². The summed E-state index contributed by atoms with van der Waals surface area (Å²) < 4.78 is 49.2. The number of guanidine groups is 1. The van der Waals surface area contributed by atoms with Crippen molar-refractivity contribution in [2.24, 2.45) is 4.99 Å². The van der Waals surface area contributed by atoms with E-state index >= 15 is 0 Å². The first-order valence-electron chi connectivity index (χ1n) is 9.82. The van der Waals surface area contributed by atoms with Gasteiger partial charge in [0.1, 0.15) is 5.75 Å². The molecule has 1 fully saturated rings. The third-order valence-electron chi connectivity index (χ3n) is 4.79. The number of halogens is 3. The van der Waals surface area contributed by atoms with E-state index in [0.29, 0.717) is 24.6 Å². The van der Waals surface area contributed by atoms with Gasteiger partial charge in [-0.1, -0.05) is 6.07 Å². The van der Waals surface area contributed by atoms with E-state index in [-0.39, 0.29) is 17.6 Å². The van der Waals surface area contributed by atoms with Crippen LogP contribution < -0.4 is 15.4 Å². The smallest absolute Gasteiger partial charge is 0.416 e. The quantitative estimate of drug-likeness (QED) is 0.540. The highest BCUT2D eigenvalue weighted by Crippen LogP contribution is 2.29. The molecule has 1 saturated heterocycles. The molecule has 2 aromatic carbocycles. The number of nitrogens with one attached hydrogen (secondary N) is 2. The van der Waals surface area contributed by atoms with Gasteiger partial charge in [0.15, 0.2) is 0 Å². The predicted molar refractivity (Wildman–Crippen MR) is 112 cm³/mol. The van der Waals surface area contributed by atoms with Crippen molar-refractivity contribution >= 4 is 17.6 Å². The number of rotatable bonds is 5. The van der Waals surface area contributed by atoms with Crippen LogP contribution in [0.3, 0.4) is 0 Å². The Balaban J connectivity index is 1.80. The molecule has 2 N–H and O–H groups in total. The average Bonchev–Trinajstić information content (AvgIpc) is 3.25. The molecule has 1 amide bonds. The largest absolute Gasteiger partial charge is 0.495 e. The first kappa shape index (κ1) is 22.6. The van der Waals surface area contributed by atoms with Gasteiger partial charge in [0.25, 0.3) is 5.91 Å². The Labute approximate surface area is 178 Å². The van der Waals surface area contributed by atoms with Gasteiger partial charge in [0, 0.05) is 12.2 Å². The Kier molecular flexibility index (Phi) is 7.17. The Hall–Kier alpha value is -3.07. The lowest BCUT2D eigenvalue weighted by Gasteiger charge is -2.16. The first-order chi connectivity index (χ1) is 14.8. The molecule has 3 rings (SSSR count). The van der Waals surface area contributed by atoms with Crippen LogP contribution in [0.1, 0.15) is 34.3 Å². The van der Waals surface area contributed by atoms with Gasteiger partial charge in [-0.2, -0.15) is 13.2 Å². The van der Waals surface area contributed by atoms with Gasteiger partial charge >= 0.3 is 6.18 Å². The van der Waals surface area contributed by atoms with Gasteiger partial charge < -0.3 is 14.8 Å². The number of carbonyl (C=O) groups excluding carboxylic acids is 1. The highest BCUT2D eigenvalue weighted by Gasteiger charge is 2.30. The lowest BCUT2D eigenvalue weighted by atomic mass is 10.1. The molecular weight excluding hydrogens is 411 g/mol. The van der Waals surface area contributed by atoms with Crippen molar-refractivity contribution in [3.8, 4) is 5.75 Å². The van der Waals surface area contributed by atoms with Crippen molar-refractivity contribution < 1.29 is 27.4 Å². The van der Waals surface area contributed by atoms with Gasteiger partial charge in [-0.3, -0.25) is 10.1 Å². The monoisotopic (exact) mass is 435 g/mol. The fraction of sp³-hybridized carbons (Fsp3) is 0.364. The number of hydrogen-bond donors (Lipinski definition) is 2. The molecule has 0 radical (unpaired) electrons. The number of ether oxygens (including phenoxy) is 2. The second-order valence-electron chi connectivity index (χ2n) is 7.18. The van der Waals surface area contributed by atoms with Crippen LogP contribution >= 0.6 is 0 Å². The second kappa shape index (κ2) is 9.82. The van der Waals surface area contributed by atoms with Crippen molar-refractivity contribution in [2.75, 3.05) is 25.6 Å². The van der Waals surface area contributed by atoms with Crippen molar-refractivity contribution in [1.82, 2.24) is 5.32 Å². The van der Waals surface area contributed by atoms with Crippen LogP contribution in [0.25, 0.3) is 0 Å². The summed E-state index contributed by atoms with van der Waals surface area (Å²) in [4.78, 5) is 17.1. The zero-order valence-electron chi connectivity index (χ0n) is 17.3. The fourth-order valence-electron chi connectivity index (χ4n) is 3.13. The number of benzene rings is 2. The molecule has 166 valence electrons. The fourth-order valence-corrected chi connectivity index (χ4v) is 3.13. The summed E-state index contributed by atoms with van der Waals surface area (Å²) >= 11 is 0. The van der Waals surface area contributed by atoms with Crippen LogP contribution in [0.4, 0.5) is 18.9 Å². The summed E-state index contributed by atoms with van der Waals surface area (Å²) in [5, 5.41) is 5.70. The Bertz CT molecular complexity index is 937. The number of methoxy groups -OCH3 is 1. The van der Waals surface area contributed by atoms with Crippen molar-refractivity contribution in [1.29, 1.82) is 0 Å². The third kappa shape index (κ3) is 6.21. The van der Waals surface area contributed by atoms with E-state index in [1.54, 1.807) is 6.07 Å². The van der Waals surface area contributed by atoms with E-state index in [0.717, 1.165) is 42.7 Å². The zero-order chi connectivity index (χ0) is 22.4. The number of aliphatic imine (C=N–C) groups is 1. The number of amides is 1. The van der Waals surface area contributed by atoms with Gasteiger partial charge in [0.2, 0.25) is 5.96 Å². The maximum Gasteiger partial charge on any atom is 0.416 e. The van der Waals surface area contributed by atoms with Crippen LogP contribution in [0.5, 0.6) is 5.75 Å². The van der Waals surface area contributed by atoms with Crippen LogP contribution in [0, 0.1) is 6.92 Å². The molecule has 1 aliphatic rings. The molecular formula is C22H24F3N3O3. The number of alkyl halides is 3. The number of anilines is 1. The standard InChI is InChI=1S/C22H24F3N3O3/c1-14-5-10-19(30-2)18(12-14)27-21(26-13-17-4-3-11-31-17)28-20(29)15-6-8-16(9-7-15)22(23,24)25/h5-10,12,17H,3-4,11,13H2,1-2H3,(H2,26,27,28,29)/t17-/m1/s1. The lowest BCUT2D eigenvalue weighted by molar-refractivity contribution is -0.137. The minimum Gasteiger partial charge on any atom is -0.495 e. The number of aryl methyl sites for hydroxylation is 1. The molecule has 0 unspecified atom stereocenters. The lowest BCUT2D eigenvalue weighted by Crippen LogP contribution is -2.37. The van der Waals surface area contributed by atoms with Gasteiger partial charge in [0.05, 0.1) is 31.0 Å². The van der Waals surface area contributed by atoms with Crippen molar-refractivity contribution in [3.05, 3.63) is 59.2 Å². The minimum absolute atomic E-state index is 0.0424. The summed E-state index contributed by atoms with van der Waals surface area (Å²) in [5.74, 6) is 0.127. The Morgan fingerprint density at radius 2 is 1.97 bits per heavy atom. The van der Waals surface area contributed by atoms with Crippen LogP contribution in [-0.2, 0) is 10.9 Å². The Morgan fingerprint density at radius 1 is 1.23 bits per heavy atom. The van der Waals surface area contributed by atoms with Crippen molar-refractivity contribution in [2.45, 2.75) is 32.0 Å². The Morgan fingerprint density at radius 3 is 2.58 bits per heavy atom. The van der Waals surface area contributed by atoms with Gasteiger partial charge in [-0.05, 0) is 61.7 Å². The summed E-state index contributed by atoms with van der Waals surface area (Å²) in [6.45, 7) is 2.92. The molecule has 0 aliphatic carbocycles. The number of nitrogens with zero attached hydrogens (tertiary/aromatic N) is 1. The van der Waals surface area contributed by atoms with Crippen LogP contribution in [0.15, 0.2) is 47.5 Å². The van der Waals surface area contributed by atoms with Gasteiger partial charge in [-0.15, -0.1) is 0 Å². The average molecular weight is 435 g/mol. The highest BCUT2D eigenvalue weighted by molar-refractivity contribution is 6.10. The second-order valence-corrected chi connectivity index (χ2v) is 7.18. The van der Waals surface area contributed by atoms with E-state index in [1.807, 2.05) is 19.1 Å². The molecule has 0 spiro atoms. The van der Waals surface area contributed by atoms with E-state index in [1.165, 1.54) is 7.11 Å². The highest BCUT2D eigenvalue weighted by atomic mass is 19.4. The van der Waals surface area contributed by atoms with Crippen LogP contribution in [-0.4, -0.2) is 38.2 Å². The number of hydrogen-bond acceptors (Lipinski definition) is 4. The third-order valence-corrected chi connectivity index (χ3v) is 4.79. The molecule has 2 aromatic rings. The SMILES string of the molecule is COc1ccc(C)cc1NC(=NC[C@H]1CCCO1)NC(=O)c1ccc(C(F)(F)F)cc1. The predicted octanol–water partition coefficient (Wildman–Crippen LogP) is 4.40. The minimum atomic E-state index is -4.47. The molecule has 6 nitrogen and oxygen atoms in total. The molecule has 0 aromatic heterocycles. The normalized spacial score (nSPS) is 16.8.